The van der Waals surface area contributed by atoms with E-state index in [9.17, 15) is 14.4 Å². The fraction of sp³-hybridized carbons (Fsp3) is 0.357. The highest BCUT2D eigenvalue weighted by atomic mass is 32.1. The van der Waals surface area contributed by atoms with E-state index in [1.165, 1.54) is 0 Å². The predicted octanol–water partition coefficient (Wildman–Crippen LogP) is 5.41. The van der Waals surface area contributed by atoms with Gasteiger partial charge >= 0.3 is 5.97 Å². The third-order valence-corrected chi connectivity index (χ3v) is 7.27. The van der Waals surface area contributed by atoms with Crippen LogP contribution in [0.2, 0.25) is 0 Å². The number of ether oxygens (including phenoxy) is 2. The van der Waals surface area contributed by atoms with Gasteiger partial charge in [0, 0.05) is 23.2 Å². The highest BCUT2D eigenvalue weighted by molar-refractivity contribution is 7.18. The molecule has 0 bridgehead atoms. The molecule has 2 amide bonds. The molecule has 4 rings (SSSR count). The number of likely N-dealkylation sites (tertiary alicyclic amines) is 1. The number of thiazole rings is 1. The average molecular weight is 522 g/mol. The second-order valence-electron chi connectivity index (χ2n) is 8.98. The molecule has 37 heavy (non-hydrogen) atoms. The van der Waals surface area contributed by atoms with Gasteiger partial charge in [0.1, 0.15) is 10.6 Å². The summed E-state index contributed by atoms with van der Waals surface area (Å²) in [4.78, 5) is 44.8. The molecule has 9 heteroatoms. The Bertz CT molecular complexity index is 1230. The lowest BCUT2D eigenvalue weighted by molar-refractivity contribution is -0.139. The molecule has 0 radical (unpaired) electrons. The lowest BCUT2D eigenvalue weighted by atomic mass is 9.97. The van der Waals surface area contributed by atoms with Crippen molar-refractivity contribution in [1.82, 2.24) is 9.88 Å². The summed E-state index contributed by atoms with van der Waals surface area (Å²) in [5, 5.41) is 3.06. The Kier molecular flexibility index (Phi) is 8.55. The number of amides is 2. The standard InChI is InChI=1S/C28H31N3O5S/c1-4-35-27(34)25-24(20-11-6-5-7-12-20)29-28(37-25)30-26(33)21-13-15-22(16-14-21)36-17-23(32)31-18(2)9-8-10-19(31)3/h5-7,11-16,18-19H,4,8-10,17H2,1-3H3,(H,29,30,33)/t18-,19-/m1/s1. The lowest BCUT2D eigenvalue weighted by Gasteiger charge is -2.38. The number of hydrogen-bond donors (Lipinski definition) is 1. The quantitative estimate of drug-likeness (QED) is 0.398. The van der Waals surface area contributed by atoms with Crippen molar-refractivity contribution in [3.05, 3.63) is 65.0 Å². The highest BCUT2D eigenvalue weighted by Crippen LogP contribution is 2.32. The summed E-state index contributed by atoms with van der Waals surface area (Å²) in [6.45, 7) is 6.08. The molecule has 2 heterocycles. The second kappa shape index (κ2) is 12.0. The lowest BCUT2D eigenvalue weighted by Crippen LogP contribution is -2.49. The summed E-state index contributed by atoms with van der Waals surface area (Å²) in [5.41, 5.74) is 1.61. The van der Waals surface area contributed by atoms with Gasteiger partial charge in [0.25, 0.3) is 11.8 Å². The molecule has 0 saturated carbocycles. The van der Waals surface area contributed by atoms with Crippen molar-refractivity contribution in [2.45, 2.75) is 52.1 Å². The minimum Gasteiger partial charge on any atom is -0.484 e. The maximum absolute atomic E-state index is 12.9. The number of rotatable bonds is 8. The minimum absolute atomic E-state index is 0.0306. The molecule has 1 aromatic heterocycles. The van der Waals surface area contributed by atoms with E-state index in [1.54, 1.807) is 31.2 Å². The van der Waals surface area contributed by atoms with Crippen molar-refractivity contribution in [1.29, 1.82) is 0 Å². The molecule has 1 saturated heterocycles. The molecule has 1 aliphatic heterocycles. The highest BCUT2D eigenvalue weighted by Gasteiger charge is 2.29. The van der Waals surface area contributed by atoms with Crippen molar-refractivity contribution >= 4 is 34.3 Å². The topological polar surface area (TPSA) is 97.8 Å². The van der Waals surface area contributed by atoms with E-state index in [4.69, 9.17) is 9.47 Å². The number of nitrogens with zero attached hydrogens (tertiary/aromatic N) is 2. The van der Waals surface area contributed by atoms with Crippen molar-refractivity contribution in [2.24, 2.45) is 0 Å². The Morgan fingerprint density at radius 1 is 1.03 bits per heavy atom. The first-order chi connectivity index (χ1) is 17.9. The number of anilines is 1. The zero-order valence-corrected chi connectivity index (χ0v) is 22.0. The number of aromatic nitrogens is 1. The van der Waals surface area contributed by atoms with Gasteiger partial charge in [-0.3, -0.25) is 14.9 Å². The Labute approximate surface area is 220 Å². The van der Waals surface area contributed by atoms with Gasteiger partial charge in [-0.05, 0) is 64.3 Å². The summed E-state index contributed by atoms with van der Waals surface area (Å²) in [6.07, 6.45) is 3.15. The van der Waals surface area contributed by atoms with Crippen LogP contribution in [0.4, 0.5) is 5.13 Å². The number of nitrogens with one attached hydrogen (secondary N) is 1. The molecular weight excluding hydrogens is 490 g/mol. The summed E-state index contributed by atoms with van der Waals surface area (Å²) in [7, 11) is 0. The van der Waals surface area contributed by atoms with Crippen molar-refractivity contribution in [3.8, 4) is 17.0 Å². The van der Waals surface area contributed by atoms with Gasteiger partial charge in [0.15, 0.2) is 11.7 Å². The van der Waals surface area contributed by atoms with E-state index in [-0.39, 0.29) is 37.1 Å². The van der Waals surface area contributed by atoms with Crippen LogP contribution in [0, 0.1) is 0 Å². The van der Waals surface area contributed by atoms with Gasteiger partial charge in [0.2, 0.25) is 0 Å². The van der Waals surface area contributed by atoms with E-state index in [0.29, 0.717) is 27.0 Å². The summed E-state index contributed by atoms with van der Waals surface area (Å²) < 4.78 is 10.9. The van der Waals surface area contributed by atoms with Crippen LogP contribution in [-0.2, 0) is 9.53 Å². The molecule has 194 valence electrons. The van der Waals surface area contributed by atoms with Crippen molar-refractivity contribution in [3.63, 3.8) is 0 Å². The Hall–Kier alpha value is -3.72. The molecule has 0 spiro atoms. The first-order valence-corrected chi connectivity index (χ1v) is 13.3. The third-order valence-electron chi connectivity index (χ3n) is 6.32. The van der Waals surface area contributed by atoms with E-state index in [2.05, 4.69) is 24.1 Å². The van der Waals surface area contributed by atoms with Gasteiger partial charge in [-0.25, -0.2) is 9.78 Å². The minimum atomic E-state index is -0.483. The van der Waals surface area contributed by atoms with Crippen LogP contribution >= 0.6 is 11.3 Å². The number of carbonyl (C=O) groups is 3. The first kappa shape index (κ1) is 26.3. The fourth-order valence-corrected chi connectivity index (χ4v) is 5.38. The molecule has 3 aromatic rings. The van der Waals surface area contributed by atoms with Crippen LogP contribution in [0.1, 0.15) is 60.1 Å². The van der Waals surface area contributed by atoms with Gasteiger partial charge < -0.3 is 14.4 Å². The summed E-state index contributed by atoms with van der Waals surface area (Å²) in [5.74, 6) is -0.379. The Morgan fingerprint density at radius 3 is 2.35 bits per heavy atom. The smallest absolute Gasteiger partial charge is 0.350 e. The molecule has 8 nitrogen and oxygen atoms in total. The van der Waals surface area contributed by atoms with Gasteiger partial charge in [-0.15, -0.1) is 0 Å². The molecule has 1 fully saturated rings. The number of hydrogen-bond acceptors (Lipinski definition) is 7. The summed E-state index contributed by atoms with van der Waals surface area (Å²) >= 11 is 1.07. The van der Waals surface area contributed by atoms with Gasteiger partial charge in [-0.2, -0.15) is 0 Å². The van der Waals surface area contributed by atoms with E-state index < -0.39 is 5.97 Å². The molecule has 2 atom stereocenters. The largest absolute Gasteiger partial charge is 0.484 e. The zero-order chi connectivity index (χ0) is 26.4. The molecule has 1 N–H and O–H groups in total. The Morgan fingerprint density at radius 2 is 1.70 bits per heavy atom. The van der Waals surface area contributed by atoms with Crippen molar-refractivity contribution in [2.75, 3.05) is 18.5 Å². The Balaban J connectivity index is 1.41. The predicted molar refractivity (Wildman–Crippen MR) is 143 cm³/mol. The van der Waals surface area contributed by atoms with Crippen LogP contribution < -0.4 is 10.1 Å². The van der Waals surface area contributed by atoms with E-state index in [1.807, 2.05) is 35.2 Å². The van der Waals surface area contributed by atoms with E-state index in [0.717, 1.165) is 36.2 Å². The monoisotopic (exact) mass is 521 g/mol. The van der Waals surface area contributed by atoms with Gasteiger partial charge in [0.05, 0.1) is 12.3 Å². The van der Waals surface area contributed by atoms with E-state index >= 15 is 0 Å². The maximum atomic E-state index is 12.9. The number of carbonyl (C=O) groups excluding carboxylic acids is 3. The van der Waals surface area contributed by atoms with Crippen LogP contribution in [0.3, 0.4) is 0 Å². The molecule has 0 aliphatic carbocycles. The molecular formula is C28H31N3O5S. The second-order valence-corrected chi connectivity index (χ2v) is 9.98. The molecule has 1 aliphatic rings. The van der Waals surface area contributed by atoms with Crippen LogP contribution in [-0.4, -0.2) is 53.0 Å². The molecule has 0 unspecified atom stereocenters. The van der Waals surface area contributed by atoms with Crippen molar-refractivity contribution < 1.29 is 23.9 Å². The maximum Gasteiger partial charge on any atom is 0.350 e. The number of benzene rings is 2. The normalized spacial score (nSPS) is 17.2. The first-order valence-electron chi connectivity index (χ1n) is 12.5. The van der Waals surface area contributed by atoms with Gasteiger partial charge in [-0.1, -0.05) is 41.7 Å². The number of piperidine rings is 1. The van der Waals surface area contributed by atoms with Crippen LogP contribution in [0.15, 0.2) is 54.6 Å². The third kappa shape index (κ3) is 6.35. The fourth-order valence-electron chi connectivity index (χ4n) is 4.50. The van der Waals surface area contributed by atoms with Crippen LogP contribution in [0.25, 0.3) is 11.3 Å². The molecule has 2 aromatic carbocycles. The SMILES string of the molecule is CCOC(=O)c1sc(NC(=O)c2ccc(OCC(=O)N3[C@H](C)CCC[C@H]3C)cc2)nc1-c1ccccc1. The zero-order valence-electron chi connectivity index (χ0n) is 21.2. The van der Waals surface area contributed by atoms with Crippen LogP contribution in [0.5, 0.6) is 5.75 Å². The average Bonchev–Trinajstić information content (AvgIpc) is 3.32. The summed E-state index contributed by atoms with van der Waals surface area (Å²) in [6, 6.07) is 16.3. The number of esters is 1.